The molecule has 1 saturated heterocycles. The van der Waals surface area contributed by atoms with Crippen LogP contribution in [0.5, 0.6) is 0 Å². The molecular formula is C40H46N2O6. The molecule has 6 unspecified atom stereocenters. The Morgan fingerprint density at radius 1 is 0.938 bits per heavy atom. The quantitative estimate of drug-likeness (QED) is 0.133. The summed E-state index contributed by atoms with van der Waals surface area (Å²) in [5.41, 5.74) is 6.55. The van der Waals surface area contributed by atoms with Gasteiger partial charge in [0.05, 0.1) is 24.9 Å². The number of carbonyl (C=O) groups excluding carboxylic acids is 1. The molecule has 0 spiro atoms. The summed E-state index contributed by atoms with van der Waals surface area (Å²) in [7, 11) is 2.02. The van der Waals surface area contributed by atoms with E-state index in [1.165, 1.54) is 6.08 Å². The molecule has 3 N–H and O–H groups in total. The average molecular weight is 651 g/mol. The summed E-state index contributed by atoms with van der Waals surface area (Å²) in [5.74, 6) is -0.00437. The molecular weight excluding hydrogens is 604 g/mol. The Balaban J connectivity index is 1.38. The summed E-state index contributed by atoms with van der Waals surface area (Å²) < 4.78 is 18.5. The van der Waals surface area contributed by atoms with Crippen molar-refractivity contribution in [1.29, 1.82) is 0 Å². The molecule has 4 aromatic carbocycles. The Hall–Kier alpha value is -4.31. The standard InChI is InChI=1S/C40H46N2O6/c1-5-21-46-40(45)41-24-30-11-9-14-33(22-30)34-15-10-16-35(23-34)39-47-36(25-42(4)28(3)37(44)31-12-7-6-8-13-31)27(2)38(48-39)32-19-17-29(26-43)18-20-32/h5-20,22-23,27-28,36-39,43-44H,1,21,24-26H2,2-4H3,(H,41,45). The van der Waals surface area contributed by atoms with Crippen molar-refractivity contribution in [2.24, 2.45) is 5.92 Å². The third-order valence-corrected chi connectivity index (χ3v) is 9.07. The molecule has 0 radical (unpaired) electrons. The fraction of sp³-hybridized carbons (Fsp3) is 0.325. The van der Waals surface area contributed by atoms with Crippen LogP contribution in [-0.2, 0) is 27.4 Å². The zero-order valence-corrected chi connectivity index (χ0v) is 27.9. The van der Waals surface area contributed by atoms with Crippen LogP contribution in [0, 0.1) is 5.92 Å². The predicted octanol–water partition coefficient (Wildman–Crippen LogP) is 7.10. The summed E-state index contributed by atoms with van der Waals surface area (Å²) in [6.45, 7) is 8.78. The van der Waals surface area contributed by atoms with Gasteiger partial charge in [0.25, 0.3) is 0 Å². The number of nitrogens with one attached hydrogen (secondary N) is 1. The van der Waals surface area contributed by atoms with Gasteiger partial charge in [0.15, 0.2) is 6.29 Å². The molecule has 8 heteroatoms. The molecule has 6 atom stereocenters. The van der Waals surface area contributed by atoms with Gasteiger partial charge in [-0.15, -0.1) is 0 Å². The zero-order valence-electron chi connectivity index (χ0n) is 27.9. The van der Waals surface area contributed by atoms with E-state index < -0.39 is 18.5 Å². The number of alkyl carbamates (subject to hydrolysis) is 1. The molecule has 252 valence electrons. The van der Waals surface area contributed by atoms with Gasteiger partial charge in [-0.1, -0.05) is 111 Å². The van der Waals surface area contributed by atoms with Gasteiger partial charge in [-0.2, -0.15) is 0 Å². The number of hydrogen-bond donors (Lipinski definition) is 3. The Labute approximate surface area is 283 Å². The van der Waals surface area contributed by atoms with Gasteiger partial charge in [0.1, 0.15) is 6.61 Å². The van der Waals surface area contributed by atoms with Crippen molar-refractivity contribution in [3.63, 3.8) is 0 Å². The molecule has 8 nitrogen and oxygen atoms in total. The number of aliphatic hydroxyl groups excluding tert-OH is 2. The average Bonchev–Trinajstić information content (AvgIpc) is 3.13. The number of hydrogen-bond acceptors (Lipinski definition) is 7. The maximum atomic E-state index is 11.9. The summed E-state index contributed by atoms with van der Waals surface area (Å²) in [6.07, 6.45) is -0.720. The molecule has 5 rings (SSSR count). The number of benzene rings is 4. The number of amides is 1. The van der Waals surface area contributed by atoms with Crippen LogP contribution in [-0.4, -0.2) is 53.6 Å². The molecule has 0 aliphatic carbocycles. The molecule has 48 heavy (non-hydrogen) atoms. The number of rotatable bonds is 13. The highest BCUT2D eigenvalue weighted by molar-refractivity contribution is 5.68. The van der Waals surface area contributed by atoms with Gasteiger partial charge in [-0.3, -0.25) is 4.90 Å². The minimum Gasteiger partial charge on any atom is -0.445 e. The number of likely N-dealkylation sites (N-methyl/N-ethyl adjacent to an activating group) is 1. The third-order valence-electron chi connectivity index (χ3n) is 9.07. The first kappa shape index (κ1) is 35.0. The number of nitrogens with zero attached hydrogens (tertiary/aromatic N) is 1. The van der Waals surface area contributed by atoms with E-state index in [9.17, 15) is 15.0 Å². The number of ether oxygens (including phenoxy) is 3. The summed E-state index contributed by atoms with van der Waals surface area (Å²) in [4.78, 5) is 14.1. The fourth-order valence-electron chi connectivity index (χ4n) is 6.03. The molecule has 1 amide bonds. The highest BCUT2D eigenvalue weighted by atomic mass is 16.7. The van der Waals surface area contributed by atoms with Gasteiger partial charge in [0.2, 0.25) is 0 Å². The Kier molecular flexibility index (Phi) is 12.2. The van der Waals surface area contributed by atoms with E-state index in [0.29, 0.717) is 13.1 Å². The zero-order chi connectivity index (χ0) is 34.0. The number of aliphatic hydroxyl groups is 2. The van der Waals surface area contributed by atoms with Crippen molar-refractivity contribution in [2.45, 2.75) is 57.6 Å². The van der Waals surface area contributed by atoms with Gasteiger partial charge in [0, 0.05) is 30.6 Å². The van der Waals surface area contributed by atoms with Crippen LogP contribution in [0.3, 0.4) is 0 Å². The molecule has 4 aromatic rings. The first-order chi connectivity index (χ1) is 23.3. The van der Waals surface area contributed by atoms with E-state index >= 15 is 0 Å². The minimum absolute atomic E-state index is 0.00437. The molecule has 1 heterocycles. The molecule has 0 saturated carbocycles. The molecule has 1 aliphatic heterocycles. The lowest BCUT2D eigenvalue weighted by Crippen LogP contribution is -2.46. The van der Waals surface area contributed by atoms with Crippen LogP contribution in [0.25, 0.3) is 11.1 Å². The fourth-order valence-corrected chi connectivity index (χ4v) is 6.03. The van der Waals surface area contributed by atoms with E-state index in [-0.39, 0.29) is 37.4 Å². The monoisotopic (exact) mass is 650 g/mol. The normalized spacial score (nSPS) is 20.5. The van der Waals surface area contributed by atoms with Crippen molar-refractivity contribution < 1.29 is 29.2 Å². The Morgan fingerprint density at radius 3 is 2.35 bits per heavy atom. The van der Waals surface area contributed by atoms with Gasteiger partial charge < -0.3 is 29.7 Å². The topological polar surface area (TPSA) is 100 Å². The van der Waals surface area contributed by atoms with Crippen molar-refractivity contribution in [1.82, 2.24) is 10.2 Å². The van der Waals surface area contributed by atoms with Gasteiger partial charge >= 0.3 is 6.09 Å². The predicted molar refractivity (Wildman–Crippen MR) is 187 cm³/mol. The minimum atomic E-state index is -0.649. The van der Waals surface area contributed by atoms with E-state index in [1.54, 1.807) is 0 Å². The SMILES string of the molecule is C=CCOC(=O)NCc1cccc(-c2cccc(C3OC(CN(C)C(C)C(O)c4ccccc4)C(C)C(c4ccc(CO)cc4)O3)c2)c1. The van der Waals surface area contributed by atoms with Crippen molar-refractivity contribution in [2.75, 3.05) is 20.2 Å². The Morgan fingerprint density at radius 2 is 1.65 bits per heavy atom. The van der Waals surface area contributed by atoms with Crippen molar-refractivity contribution in [3.8, 4) is 11.1 Å². The maximum absolute atomic E-state index is 11.9. The van der Waals surface area contributed by atoms with Crippen LogP contribution in [0.4, 0.5) is 4.79 Å². The summed E-state index contributed by atoms with van der Waals surface area (Å²) in [6, 6.07) is 33.6. The second-order valence-corrected chi connectivity index (χ2v) is 12.4. The van der Waals surface area contributed by atoms with Gasteiger partial charge in [-0.05, 0) is 59.5 Å². The van der Waals surface area contributed by atoms with Crippen LogP contribution in [0.1, 0.15) is 60.2 Å². The Bertz CT molecular complexity index is 1630. The lowest BCUT2D eigenvalue weighted by molar-refractivity contribution is -0.276. The lowest BCUT2D eigenvalue weighted by Gasteiger charge is -2.43. The van der Waals surface area contributed by atoms with Crippen molar-refractivity contribution in [3.05, 3.63) is 144 Å². The van der Waals surface area contributed by atoms with Crippen LogP contribution < -0.4 is 5.32 Å². The van der Waals surface area contributed by atoms with E-state index in [4.69, 9.17) is 14.2 Å². The van der Waals surface area contributed by atoms with Crippen LogP contribution >= 0.6 is 0 Å². The largest absolute Gasteiger partial charge is 0.445 e. The highest BCUT2D eigenvalue weighted by Crippen LogP contribution is 2.42. The summed E-state index contributed by atoms with van der Waals surface area (Å²) >= 11 is 0. The van der Waals surface area contributed by atoms with E-state index in [1.807, 2.05) is 111 Å². The first-order valence-electron chi connectivity index (χ1n) is 16.4. The molecule has 0 aromatic heterocycles. The summed E-state index contributed by atoms with van der Waals surface area (Å²) in [5, 5.41) is 23.5. The number of carbonyl (C=O) groups is 1. The maximum Gasteiger partial charge on any atom is 0.407 e. The highest BCUT2D eigenvalue weighted by Gasteiger charge is 2.39. The van der Waals surface area contributed by atoms with Crippen molar-refractivity contribution >= 4 is 6.09 Å². The second kappa shape index (κ2) is 16.7. The van der Waals surface area contributed by atoms with Gasteiger partial charge in [-0.25, -0.2) is 4.79 Å². The smallest absolute Gasteiger partial charge is 0.407 e. The molecule has 1 fully saturated rings. The molecule has 1 aliphatic rings. The molecule has 0 bridgehead atoms. The van der Waals surface area contributed by atoms with Crippen LogP contribution in [0.2, 0.25) is 0 Å². The van der Waals surface area contributed by atoms with E-state index in [2.05, 4.69) is 29.8 Å². The lowest BCUT2D eigenvalue weighted by atomic mass is 9.89. The van der Waals surface area contributed by atoms with E-state index in [0.717, 1.165) is 38.9 Å². The third kappa shape index (κ3) is 8.78. The first-order valence-corrected chi connectivity index (χ1v) is 16.4. The van der Waals surface area contributed by atoms with Crippen LogP contribution in [0.15, 0.2) is 116 Å². The second-order valence-electron chi connectivity index (χ2n) is 12.4.